The van der Waals surface area contributed by atoms with Crippen molar-refractivity contribution in [2.75, 3.05) is 17.2 Å². The van der Waals surface area contributed by atoms with E-state index in [4.69, 9.17) is 9.98 Å². The molecule has 2 aliphatic carbocycles. The van der Waals surface area contributed by atoms with E-state index in [2.05, 4.69) is 15.6 Å². The number of para-hydroxylation sites is 1. The predicted molar refractivity (Wildman–Crippen MR) is 131 cm³/mol. The first-order valence-corrected chi connectivity index (χ1v) is 12.6. The summed E-state index contributed by atoms with van der Waals surface area (Å²) in [4.78, 5) is 14.1. The third-order valence-electron chi connectivity index (χ3n) is 7.71. The zero-order chi connectivity index (χ0) is 23.5. The molecule has 0 radical (unpaired) electrons. The van der Waals surface area contributed by atoms with Gasteiger partial charge in [-0.05, 0) is 81.8 Å². The zero-order valence-corrected chi connectivity index (χ0v) is 19.5. The molecule has 3 atom stereocenters. The van der Waals surface area contributed by atoms with Gasteiger partial charge in [0, 0.05) is 18.6 Å². The highest BCUT2D eigenvalue weighted by atomic mass is 19.1. The first-order valence-electron chi connectivity index (χ1n) is 12.6. The molecule has 1 aliphatic heterocycles. The second-order valence-electron chi connectivity index (χ2n) is 10.0. The number of aliphatic hydroxyl groups is 2. The number of amidine groups is 1. The van der Waals surface area contributed by atoms with E-state index in [0.717, 1.165) is 75.0 Å². The number of aliphatic imine (C=N–C) groups is 1. The number of halogens is 1. The number of rotatable bonds is 5. The Kier molecular flexibility index (Phi) is 7.06. The van der Waals surface area contributed by atoms with Crippen molar-refractivity contribution in [3.05, 3.63) is 42.0 Å². The second-order valence-corrected chi connectivity index (χ2v) is 10.0. The van der Waals surface area contributed by atoms with Crippen LogP contribution in [0.5, 0.6) is 0 Å². The summed E-state index contributed by atoms with van der Waals surface area (Å²) in [7, 11) is 0. The molecule has 0 spiro atoms. The molecule has 2 fully saturated rings. The van der Waals surface area contributed by atoms with Crippen molar-refractivity contribution >= 4 is 23.2 Å². The molecule has 7 nitrogen and oxygen atoms in total. The van der Waals surface area contributed by atoms with Crippen molar-refractivity contribution in [2.45, 2.75) is 69.9 Å². The van der Waals surface area contributed by atoms with E-state index in [9.17, 15) is 14.6 Å². The Labute approximate surface area is 199 Å². The van der Waals surface area contributed by atoms with Crippen LogP contribution in [0.2, 0.25) is 0 Å². The van der Waals surface area contributed by atoms with Crippen molar-refractivity contribution < 1.29 is 14.6 Å². The summed E-state index contributed by atoms with van der Waals surface area (Å²) in [5, 5.41) is 26.3. The minimum absolute atomic E-state index is 0.140. The van der Waals surface area contributed by atoms with Gasteiger partial charge in [0.15, 0.2) is 0 Å². The fraction of sp³-hybridized carbons (Fsp3) is 0.577. The Morgan fingerprint density at radius 2 is 1.91 bits per heavy atom. The maximum Gasteiger partial charge on any atom is 0.223 e. The van der Waals surface area contributed by atoms with Gasteiger partial charge in [-0.25, -0.2) is 19.4 Å². The number of aryl methyl sites for hydroxylation is 1. The minimum Gasteiger partial charge on any atom is -0.396 e. The molecule has 0 bridgehead atoms. The highest BCUT2D eigenvalue weighted by Gasteiger charge is 2.35. The normalized spacial score (nSPS) is 30.4. The molecule has 5 rings (SSSR count). The molecule has 1 aromatic carbocycles. The molecule has 2 saturated carbocycles. The van der Waals surface area contributed by atoms with Crippen LogP contribution in [0.1, 0.15) is 57.1 Å². The van der Waals surface area contributed by atoms with Crippen molar-refractivity contribution in [3.8, 4) is 0 Å². The van der Waals surface area contributed by atoms with Crippen molar-refractivity contribution in [3.63, 3.8) is 0 Å². The Bertz CT molecular complexity index is 1020. The van der Waals surface area contributed by atoms with Gasteiger partial charge >= 0.3 is 0 Å². The first-order chi connectivity index (χ1) is 16.6. The van der Waals surface area contributed by atoms with E-state index in [0.29, 0.717) is 23.5 Å². The number of hydrogen-bond donors (Lipinski definition) is 4. The van der Waals surface area contributed by atoms with Gasteiger partial charge in [0.1, 0.15) is 17.3 Å². The standard InChI is InChI=1S/C26H34FN5O2/c27-21-3-1-2-4-22(21)30-25-20(17-6-5-16(13-17)15-33)11-12-23-24(31-25)14-28-26(32-23)29-18-7-9-19(34)10-8-18/h1-4,14,16-20,33-34H,5-13,15H2,(H,30,31)(H,28,29,32)/t16-,17-,18?,19?,20?/m0/s1. The van der Waals surface area contributed by atoms with Gasteiger partial charge in [-0.1, -0.05) is 12.1 Å². The molecule has 2 heterocycles. The number of fused-ring (bicyclic) bond motifs is 1. The summed E-state index contributed by atoms with van der Waals surface area (Å²) in [5.41, 5.74) is 2.08. The van der Waals surface area contributed by atoms with Crippen LogP contribution < -0.4 is 10.6 Å². The van der Waals surface area contributed by atoms with Crippen LogP contribution >= 0.6 is 0 Å². The molecule has 1 unspecified atom stereocenters. The summed E-state index contributed by atoms with van der Waals surface area (Å²) in [5.74, 6) is 1.90. The SMILES string of the molecule is OC[C@H]1CC[C@H](C2CCc3nc(NC4CCC(O)CC4)ncc3NC2=Nc2ccccc2F)C1. The number of nitrogens with zero attached hydrogens (tertiary/aromatic N) is 3. The average molecular weight is 468 g/mol. The van der Waals surface area contributed by atoms with E-state index in [1.165, 1.54) is 6.07 Å². The number of aromatic nitrogens is 2. The van der Waals surface area contributed by atoms with Crippen molar-refractivity contribution in [1.82, 2.24) is 9.97 Å². The van der Waals surface area contributed by atoms with Gasteiger partial charge in [0.2, 0.25) is 5.95 Å². The third-order valence-corrected chi connectivity index (χ3v) is 7.71. The van der Waals surface area contributed by atoms with Crippen molar-refractivity contribution in [1.29, 1.82) is 0 Å². The van der Waals surface area contributed by atoms with Gasteiger partial charge in [-0.3, -0.25) is 0 Å². The van der Waals surface area contributed by atoms with Gasteiger partial charge in [-0.2, -0.15) is 0 Å². The quantitative estimate of drug-likeness (QED) is 0.518. The Balaban J connectivity index is 1.40. The highest BCUT2D eigenvalue weighted by Crippen LogP contribution is 2.40. The third kappa shape index (κ3) is 5.23. The van der Waals surface area contributed by atoms with Gasteiger partial charge < -0.3 is 20.8 Å². The monoisotopic (exact) mass is 467 g/mol. The molecule has 0 amide bonds. The average Bonchev–Trinajstić information content (AvgIpc) is 3.25. The lowest BCUT2D eigenvalue weighted by Gasteiger charge is -2.26. The maximum atomic E-state index is 14.4. The lowest BCUT2D eigenvalue weighted by atomic mass is 9.85. The van der Waals surface area contributed by atoms with Gasteiger partial charge in [0.05, 0.1) is 23.7 Å². The zero-order valence-electron chi connectivity index (χ0n) is 19.5. The Morgan fingerprint density at radius 1 is 1.09 bits per heavy atom. The van der Waals surface area contributed by atoms with E-state index in [1.54, 1.807) is 24.4 Å². The van der Waals surface area contributed by atoms with E-state index in [-0.39, 0.29) is 30.5 Å². The lowest BCUT2D eigenvalue weighted by molar-refractivity contribution is 0.126. The number of benzene rings is 1. The Hall–Kier alpha value is -2.58. The number of hydrogen-bond acceptors (Lipinski definition) is 6. The molecule has 34 heavy (non-hydrogen) atoms. The summed E-state index contributed by atoms with van der Waals surface area (Å²) in [6.45, 7) is 0.218. The van der Waals surface area contributed by atoms with Crippen LogP contribution in [-0.4, -0.2) is 44.8 Å². The summed E-state index contributed by atoms with van der Waals surface area (Å²) >= 11 is 0. The summed E-state index contributed by atoms with van der Waals surface area (Å²) in [6, 6.07) is 6.87. The fourth-order valence-corrected chi connectivity index (χ4v) is 5.73. The van der Waals surface area contributed by atoms with Crippen LogP contribution in [-0.2, 0) is 6.42 Å². The maximum absolute atomic E-state index is 14.4. The molecule has 3 aliphatic rings. The highest BCUT2D eigenvalue weighted by molar-refractivity contribution is 6.00. The van der Waals surface area contributed by atoms with Gasteiger partial charge in [-0.15, -0.1) is 0 Å². The van der Waals surface area contributed by atoms with Gasteiger partial charge in [0.25, 0.3) is 0 Å². The van der Waals surface area contributed by atoms with Crippen molar-refractivity contribution in [2.24, 2.45) is 22.7 Å². The largest absolute Gasteiger partial charge is 0.396 e. The van der Waals surface area contributed by atoms with Crippen LogP contribution in [0, 0.1) is 23.6 Å². The van der Waals surface area contributed by atoms with E-state index in [1.807, 2.05) is 0 Å². The second kappa shape index (κ2) is 10.4. The first kappa shape index (κ1) is 23.2. The minimum atomic E-state index is -0.340. The molecule has 4 N–H and O–H groups in total. The molecule has 8 heteroatoms. The number of nitrogens with one attached hydrogen (secondary N) is 2. The molecule has 1 aromatic heterocycles. The molecular formula is C26H34FN5O2. The molecular weight excluding hydrogens is 433 g/mol. The van der Waals surface area contributed by atoms with Crippen LogP contribution in [0.15, 0.2) is 35.5 Å². The van der Waals surface area contributed by atoms with E-state index >= 15 is 0 Å². The fourth-order valence-electron chi connectivity index (χ4n) is 5.73. The number of anilines is 2. The topological polar surface area (TPSA) is 103 Å². The molecule has 2 aromatic rings. The Morgan fingerprint density at radius 3 is 2.68 bits per heavy atom. The molecule has 0 saturated heterocycles. The van der Waals surface area contributed by atoms with Crippen LogP contribution in [0.4, 0.5) is 21.7 Å². The summed E-state index contributed by atoms with van der Waals surface area (Å²) < 4.78 is 14.4. The number of aliphatic hydroxyl groups excluding tert-OH is 2. The van der Waals surface area contributed by atoms with Crippen LogP contribution in [0.25, 0.3) is 0 Å². The predicted octanol–water partition coefficient (Wildman–Crippen LogP) is 4.44. The van der Waals surface area contributed by atoms with E-state index < -0.39 is 0 Å². The molecule has 182 valence electrons. The summed E-state index contributed by atoms with van der Waals surface area (Å²) in [6.07, 6.45) is 9.69. The lowest BCUT2D eigenvalue weighted by Crippen LogP contribution is -2.29. The smallest absolute Gasteiger partial charge is 0.223 e. The van der Waals surface area contributed by atoms with Crippen LogP contribution in [0.3, 0.4) is 0 Å².